The van der Waals surface area contributed by atoms with Gasteiger partial charge in [-0.25, -0.2) is 14.5 Å². The summed E-state index contributed by atoms with van der Waals surface area (Å²) in [5.41, 5.74) is 8.75. The van der Waals surface area contributed by atoms with Crippen LogP contribution in [0.2, 0.25) is 0 Å². The maximum absolute atomic E-state index is 5.73. The minimum Gasteiger partial charge on any atom is -0.431 e. The van der Waals surface area contributed by atoms with Gasteiger partial charge in [0.15, 0.2) is 5.58 Å². The minimum atomic E-state index is 0.535. The number of rotatable bonds is 2. The summed E-state index contributed by atoms with van der Waals surface area (Å²) < 4.78 is 7.44. The number of benzene rings is 1. The number of nitrogen functional groups attached to an aromatic ring is 1. The van der Waals surface area contributed by atoms with Gasteiger partial charge in [0.1, 0.15) is 10.5 Å². The van der Waals surface area contributed by atoms with Crippen LogP contribution >= 0.6 is 11.8 Å². The van der Waals surface area contributed by atoms with Gasteiger partial charge in [-0.15, -0.1) is 0 Å². The van der Waals surface area contributed by atoms with Gasteiger partial charge in [-0.1, -0.05) is 0 Å². The lowest BCUT2D eigenvalue weighted by Gasteiger charge is -1.98. The number of fused-ring (bicyclic) bond motifs is 2. The van der Waals surface area contributed by atoms with Crippen LogP contribution in [0, 0.1) is 0 Å². The zero-order valence-electron chi connectivity index (χ0n) is 10.2. The van der Waals surface area contributed by atoms with Crippen molar-refractivity contribution in [3.63, 3.8) is 0 Å². The molecular weight excluding hydrogens is 274 g/mol. The third-order valence-electron chi connectivity index (χ3n) is 2.87. The fourth-order valence-electron chi connectivity index (χ4n) is 1.96. The molecule has 0 spiro atoms. The Hall–Kier alpha value is -2.54. The van der Waals surface area contributed by atoms with E-state index in [-0.39, 0.29) is 0 Å². The van der Waals surface area contributed by atoms with E-state index < -0.39 is 0 Å². The second-order valence-electron chi connectivity index (χ2n) is 4.20. The van der Waals surface area contributed by atoms with Crippen molar-refractivity contribution in [3.05, 3.63) is 42.9 Å². The SMILES string of the molecule is Nc1ccc2nc(Sc3nccn4nccc34)oc2c1. The zero-order chi connectivity index (χ0) is 13.5. The van der Waals surface area contributed by atoms with E-state index in [2.05, 4.69) is 15.1 Å². The molecule has 4 aromatic rings. The van der Waals surface area contributed by atoms with E-state index in [4.69, 9.17) is 10.2 Å². The average molecular weight is 283 g/mol. The molecule has 1 aromatic carbocycles. The van der Waals surface area contributed by atoms with E-state index in [1.165, 1.54) is 11.8 Å². The molecule has 6 nitrogen and oxygen atoms in total. The third-order valence-corrected chi connectivity index (χ3v) is 3.72. The van der Waals surface area contributed by atoms with E-state index >= 15 is 0 Å². The summed E-state index contributed by atoms with van der Waals surface area (Å²) in [5, 5.41) is 5.50. The van der Waals surface area contributed by atoms with Crippen molar-refractivity contribution in [2.45, 2.75) is 10.2 Å². The lowest BCUT2D eigenvalue weighted by atomic mass is 10.3. The predicted octanol–water partition coefficient (Wildman–Crippen LogP) is 2.60. The largest absolute Gasteiger partial charge is 0.431 e. The van der Waals surface area contributed by atoms with Crippen LogP contribution in [0.1, 0.15) is 0 Å². The zero-order valence-corrected chi connectivity index (χ0v) is 11.0. The van der Waals surface area contributed by atoms with Crippen molar-refractivity contribution in [2.75, 3.05) is 5.73 Å². The van der Waals surface area contributed by atoms with Crippen LogP contribution in [0.3, 0.4) is 0 Å². The van der Waals surface area contributed by atoms with Gasteiger partial charge in [-0.2, -0.15) is 5.10 Å². The molecule has 0 atom stereocenters. The van der Waals surface area contributed by atoms with Gasteiger partial charge in [-0.3, -0.25) is 0 Å². The molecule has 7 heteroatoms. The molecule has 0 amide bonds. The molecule has 0 unspecified atom stereocenters. The van der Waals surface area contributed by atoms with Crippen molar-refractivity contribution in [1.29, 1.82) is 0 Å². The monoisotopic (exact) mass is 283 g/mol. The van der Waals surface area contributed by atoms with Crippen LogP contribution in [0.4, 0.5) is 5.69 Å². The first-order valence-corrected chi connectivity index (χ1v) is 6.73. The Morgan fingerprint density at radius 3 is 3.10 bits per heavy atom. The Bertz CT molecular complexity index is 913. The van der Waals surface area contributed by atoms with E-state index in [1.54, 1.807) is 35.2 Å². The average Bonchev–Trinajstić information content (AvgIpc) is 3.04. The minimum absolute atomic E-state index is 0.535. The summed E-state index contributed by atoms with van der Waals surface area (Å²) in [4.78, 5) is 8.75. The smallest absolute Gasteiger partial charge is 0.263 e. The molecule has 98 valence electrons. The summed E-state index contributed by atoms with van der Waals surface area (Å²) >= 11 is 1.36. The highest BCUT2D eigenvalue weighted by molar-refractivity contribution is 7.99. The molecule has 2 N–H and O–H groups in total. The Labute approximate surface area is 117 Å². The number of nitrogens with two attached hydrogens (primary N) is 1. The Balaban J connectivity index is 1.78. The molecule has 3 heterocycles. The molecule has 3 aromatic heterocycles. The molecule has 0 aliphatic heterocycles. The molecule has 0 bridgehead atoms. The molecule has 0 aliphatic carbocycles. The number of hydrogen-bond donors (Lipinski definition) is 1. The van der Waals surface area contributed by atoms with E-state index in [0.29, 0.717) is 16.5 Å². The molecule has 0 saturated heterocycles. The first-order valence-electron chi connectivity index (χ1n) is 5.92. The third kappa shape index (κ3) is 1.79. The molecular formula is C13H9N5OS. The van der Waals surface area contributed by atoms with Crippen LogP contribution in [0.5, 0.6) is 0 Å². The second kappa shape index (κ2) is 4.24. The molecule has 20 heavy (non-hydrogen) atoms. The lowest BCUT2D eigenvalue weighted by molar-refractivity contribution is 0.489. The van der Waals surface area contributed by atoms with Crippen molar-refractivity contribution in [2.24, 2.45) is 0 Å². The highest BCUT2D eigenvalue weighted by atomic mass is 32.2. The van der Waals surface area contributed by atoms with Gasteiger partial charge < -0.3 is 10.2 Å². The van der Waals surface area contributed by atoms with Crippen molar-refractivity contribution >= 4 is 34.1 Å². The summed E-state index contributed by atoms with van der Waals surface area (Å²) in [6.45, 7) is 0. The van der Waals surface area contributed by atoms with Crippen molar-refractivity contribution < 1.29 is 4.42 Å². The topological polar surface area (TPSA) is 82.2 Å². The van der Waals surface area contributed by atoms with Gasteiger partial charge in [0.25, 0.3) is 5.22 Å². The molecule has 0 aliphatic rings. The fraction of sp³-hybridized carbons (Fsp3) is 0. The van der Waals surface area contributed by atoms with E-state index in [1.807, 2.05) is 12.1 Å². The fourth-order valence-corrected chi connectivity index (χ4v) is 2.78. The predicted molar refractivity (Wildman–Crippen MR) is 75.5 cm³/mol. The standard InChI is InChI=1S/C13H9N5OS/c14-8-1-2-9-11(7-8)19-13(17-9)20-12-10-3-4-16-18(10)6-5-15-12/h1-7H,14H2. The van der Waals surface area contributed by atoms with Crippen LogP contribution in [0.25, 0.3) is 16.6 Å². The highest BCUT2D eigenvalue weighted by Crippen LogP contribution is 2.31. The normalized spacial score (nSPS) is 11.4. The highest BCUT2D eigenvalue weighted by Gasteiger charge is 2.11. The Kier molecular flexibility index (Phi) is 2.40. The molecule has 0 fully saturated rings. The van der Waals surface area contributed by atoms with Gasteiger partial charge in [0, 0.05) is 24.1 Å². The Morgan fingerprint density at radius 2 is 2.15 bits per heavy atom. The van der Waals surface area contributed by atoms with Gasteiger partial charge in [0.2, 0.25) is 0 Å². The maximum Gasteiger partial charge on any atom is 0.263 e. The number of anilines is 1. The summed E-state index contributed by atoms with van der Waals surface area (Å²) in [6, 6.07) is 7.30. The van der Waals surface area contributed by atoms with E-state index in [0.717, 1.165) is 16.1 Å². The van der Waals surface area contributed by atoms with Gasteiger partial charge in [-0.05, 0) is 30.0 Å². The number of aromatic nitrogens is 4. The van der Waals surface area contributed by atoms with Crippen LogP contribution < -0.4 is 5.73 Å². The van der Waals surface area contributed by atoms with Crippen LogP contribution in [-0.4, -0.2) is 19.6 Å². The molecule has 0 saturated carbocycles. The number of oxazole rings is 1. The molecule has 0 radical (unpaired) electrons. The van der Waals surface area contributed by atoms with Crippen LogP contribution in [-0.2, 0) is 0 Å². The van der Waals surface area contributed by atoms with Crippen molar-refractivity contribution in [3.8, 4) is 0 Å². The summed E-state index contributed by atoms with van der Waals surface area (Å²) in [5.74, 6) is 0. The first-order chi connectivity index (χ1) is 9.79. The Morgan fingerprint density at radius 1 is 1.20 bits per heavy atom. The lowest BCUT2D eigenvalue weighted by Crippen LogP contribution is -1.90. The maximum atomic E-state index is 5.73. The van der Waals surface area contributed by atoms with Crippen molar-refractivity contribution in [1.82, 2.24) is 19.6 Å². The summed E-state index contributed by atoms with van der Waals surface area (Å²) in [7, 11) is 0. The number of nitrogens with zero attached hydrogens (tertiary/aromatic N) is 4. The molecule has 4 rings (SSSR count). The quantitative estimate of drug-likeness (QED) is 0.569. The van der Waals surface area contributed by atoms with Gasteiger partial charge >= 0.3 is 0 Å². The van der Waals surface area contributed by atoms with E-state index in [9.17, 15) is 0 Å². The van der Waals surface area contributed by atoms with Gasteiger partial charge in [0.05, 0.1) is 11.7 Å². The second-order valence-corrected chi connectivity index (χ2v) is 5.14. The summed E-state index contributed by atoms with van der Waals surface area (Å²) in [6.07, 6.45) is 5.23. The number of hydrogen-bond acceptors (Lipinski definition) is 6. The van der Waals surface area contributed by atoms with Crippen LogP contribution in [0.15, 0.2) is 57.5 Å². The first kappa shape index (κ1) is 11.3.